The van der Waals surface area contributed by atoms with Crippen LogP contribution in [0.15, 0.2) is 230 Å². The Morgan fingerprint density at radius 2 is 1.22 bits per heavy atom. The molecule has 0 atom stereocenters. The van der Waals surface area contributed by atoms with Crippen molar-refractivity contribution in [3.63, 3.8) is 0 Å². The van der Waals surface area contributed by atoms with Gasteiger partial charge in [0.05, 0.1) is 39.2 Å². The van der Waals surface area contributed by atoms with E-state index in [1.54, 1.807) is 0 Å². The van der Waals surface area contributed by atoms with Crippen molar-refractivity contribution < 1.29 is 64.6 Å². The van der Waals surface area contributed by atoms with Crippen LogP contribution in [0, 0.1) is 44.7 Å². The van der Waals surface area contributed by atoms with Gasteiger partial charge in [-0.2, -0.15) is 4.57 Å². The van der Waals surface area contributed by atoms with Gasteiger partial charge in [-0.05, 0) is 71.9 Å². The summed E-state index contributed by atoms with van der Waals surface area (Å²) in [5, 5.41) is 25.9. The third-order valence-electron chi connectivity index (χ3n) is 14.3. The summed E-state index contributed by atoms with van der Waals surface area (Å²) < 4.78 is 2.34. The van der Waals surface area contributed by atoms with Crippen molar-refractivity contribution in [3.8, 4) is 44.8 Å². The Bertz CT molecular complexity index is 4400. The molecule has 2 N–H and O–H groups in total. The molecule has 4 heterocycles. The van der Waals surface area contributed by atoms with Crippen molar-refractivity contribution in [2.24, 2.45) is 11.8 Å². The average Bonchev–Trinajstić information content (AvgIpc) is 2.23. The van der Waals surface area contributed by atoms with E-state index in [-0.39, 0.29) is 75.1 Å². The number of carbonyl (C=O) groups excluding carboxylic acids is 2. The van der Waals surface area contributed by atoms with Crippen molar-refractivity contribution in [3.05, 3.63) is 265 Å². The number of nitrogens with zero attached hydrogens (tertiary/aromatic N) is 4. The predicted octanol–water partition coefficient (Wildman–Crippen LogP) is 18.2. The van der Waals surface area contributed by atoms with Crippen LogP contribution in [0.3, 0.4) is 0 Å². The first-order chi connectivity index (χ1) is 40.5. The number of benzene rings is 9. The maximum atomic E-state index is 11.0. The predicted molar refractivity (Wildman–Crippen MR) is 346 cm³/mol. The number of rotatable bonds is 7. The molecule has 86 heavy (non-hydrogen) atoms. The zero-order chi connectivity index (χ0) is 59.4. The molecule has 0 bridgehead atoms. The quantitative estimate of drug-likeness (QED) is 0.0537. The van der Waals surface area contributed by atoms with Crippen LogP contribution >= 0.6 is 0 Å². The molecule has 436 valence electrons. The smallest absolute Gasteiger partial charge is 0.221 e. The number of aliphatic hydroxyl groups excluding tert-OH is 2. The number of aliphatic hydroxyl groups is 2. The van der Waals surface area contributed by atoms with Crippen LogP contribution in [0.2, 0.25) is 0 Å². The molecule has 8 nitrogen and oxygen atoms in total. The molecule has 10 heteroatoms. The molecule has 0 unspecified atom stereocenters. The number of hydrogen-bond acceptors (Lipinski definition) is 7. The molecule has 1 aliphatic heterocycles. The largest absolute Gasteiger partial charge is 0.512 e. The van der Waals surface area contributed by atoms with Gasteiger partial charge in [-0.1, -0.05) is 209 Å². The fraction of sp³-hybridized carbons (Fsp3) is 0.158. The second-order valence-electron chi connectivity index (χ2n) is 21.7. The van der Waals surface area contributed by atoms with Gasteiger partial charge >= 0.3 is 0 Å². The van der Waals surface area contributed by atoms with Crippen molar-refractivity contribution in [1.29, 1.82) is 0 Å². The fourth-order valence-corrected chi connectivity index (χ4v) is 10.1. The van der Waals surface area contributed by atoms with E-state index in [0.717, 1.165) is 67.3 Å². The molecule has 0 spiro atoms. The number of aromatic nitrogens is 4. The Balaban J connectivity index is 0.000000166. The molecule has 12 aromatic rings. The monoisotopic (exact) mass is 1490 g/mol. The number of fused-ring (bicyclic) bond motifs is 12. The molecular formula is C76H69Ir2N4O4-. The van der Waals surface area contributed by atoms with Gasteiger partial charge in [0.15, 0.2) is 24.3 Å². The number of ketones is 2. The zero-order valence-corrected chi connectivity index (χ0v) is 54.6. The number of para-hydroxylation sites is 1. The van der Waals surface area contributed by atoms with Crippen LogP contribution in [0.25, 0.3) is 99.0 Å². The molecule has 0 aliphatic carbocycles. The van der Waals surface area contributed by atoms with E-state index < -0.39 is 0 Å². The van der Waals surface area contributed by atoms with Gasteiger partial charge in [0.2, 0.25) is 5.69 Å². The number of aryl methyl sites for hydroxylation is 3. The molecule has 0 saturated carbocycles. The summed E-state index contributed by atoms with van der Waals surface area (Å²) in [7, 11) is 0. The van der Waals surface area contributed by atoms with Crippen molar-refractivity contribution in [2.75, 3.05) is 0 Å². The van der Waals surface area contributed by atoms with E-state index in [4.69, 9.17) is 20.1 Å². The minimum atomic E-state index is -0.125. The third kappa shape index (κ3) is 16.0. The summed E-state index contributed by atoms with van der Waals surface area (Å²) in [6, 6.07) is 74.9. The number of allylic oxidation sites excluding steroid dienone is 4. The van der Waals surface area contributed by atoms with Crippen LogP contribution in [0.5, 0.6) is 0 Å². The van der Waals surface area contributed by atoms with Crippen LogP contribution in [-0.4, -0.2) is 36.7 Å². The molecule has 0 amide bonds. The normalized spacial score (nSPS) is 11.4. The van der Waals surface area contributed by atoms with E-state index in [9.17, 15) is 14.7 Å². The molecule has 1 aliphatic rings. The Morgan fingerprint density at radius 3 is 1.88 bits per heavy atom. The summed E-state index contributed by atoms with van der Waals surface area (Å²) in [5.74, 6) is 0.0981. The molecule has 0 saturated heterocycles. The van der Waals surface area contributed by atoms with E-state index in [2.05, 4.69) is 201 Å². The van der Waals surface area contributed by atoms with Gasteiger partial charge in [-0.15, -0.1) is 58.5 Å². The van der Waals surface area contributed by atoms with Crippen molar-refractivity contribution in [2.45, 2.75) is 68.9 Å². The van der Waals surface area contributed by atoms with Crippen LogP contribution in [0.1, 0.15) is 63.9 Å². The first-order valence-corrected chi connectivity index (χ1v) is 28.3. The standard InChI is InChI=1S/C29H19N2.C17H14N.C16H12N.C9H16O2.C5H8O2.2Ir/c1-19-18-30-28-24-14-12-22(20-8-4-2-5-9-20)16-26(24)27-17-23(21-10-6-3-7-11-21)13-15-25(27)29(28)31-19;1-12-9-13(2)11-15(10-12)17-8-7-14-5-3-4-6-16(14)18-17;1-3-7-14-12(5-1)9-10-17-11-13-6-2-4-8-15(13)16(14)17;1-6(2)8(10)5-9(11)7(3)4;1-4(6)3-5(2)7;;/h2-13,15-18H,1H3;3-10H,1-2H3;1-10H,11H2;5-7,10H,1-4H3;3,6H,1-2H3;;/q2*-1;+1;;;;. The van der Waals surface area contributed by atoms with E-state index in [1.165, 1.54) is 86.6 Å². The van der Waals surface area contributed by atoms with Gasteiger partial charge in [0.25, 0.3) is 0 Å². The summed E-state index contributed by atoms with van der Waals surface area (Å²) >= 11 is 0. The van der Waals surface area contributed by atoms with E-state index in [0.29, 0.717) is 0 Å². The maximum Gasteiger partial charge on any atom is 0.221 e. The Hall–Kier alpha value is -8.62. The number of hydrogen-bond donors (Lipinski definition) is 2. The van der Waals surface area contributed by atoms with Crippen LogP contribution < -0.4 is 4.57 Å². The summed E-state index contributed by atoms with van der Waals surface area (Å²) in [6.45, 7) is 17.3. The van der Waals surface area contributed by atoms with Crippen LogP contribution in [-0.2, 0) is 56.3 Å². The van der Waals surface area contributed by atoms with Gasteiger partial charge in [0, 0.05) is 87.5 Å². The first kappa shape index (κ1) is 64.9. The van der Waals surface area contributed by atoms with Gasteiger partial charge in [0.1, 0.15) is 0 Å². The average molecular weight is 1490 g/mol. The summed E-state index contributed by atoms with van der Waals surface area (Å²) in [4.78, 5) is 35.3. The first-order valence-electron chi connectivity index (χ1n) is 28.3. The molecule has 3 aromatic heterocycles. The van der Waals surface area contributed by atoms with E-state index >= 15 is 0 Å². The summed E-state index contributed by atoms with van der Waals surface area (Å²) in [6.07, 6.45) is 6.51. The Labute approximate surface area is 531 Å². The third-order valence-corrected chi connectivity index (χ3v) is 14.3. The van der Waals surface area contributed by atoms with Gasteiger partial charge in [-0.3, -0.25) is 19.6 Å². The minimum Gasteiger partial charge on any atom is -0.512 e. The second-order valence-corrected chi connectivity index (χ2v) is 21.7. The van der Waals surface area contributed by atoms with Gasteiger partial charge < -0.3 is 15.2 Å². The molecule has 2 radical (unpaired) electrons. The van der Waals surface area contributed by atoms with Gasteiger partial charge in [-0.25, -0.2) is 0 Å². The summed E-state index contributed by atoms with van der Waals surface area (Å²) in [5.41, 5.74) is 17.1. The van der Waals surface area contributed by atoms with Crippen LogP contribution in [0.4, 0.5) is 0 Å². The minimum absolute atomic E-state index is 0. The topological polar surface area (TPSA) is 117 Å². The fourth-order valence-electron chi connectivity index (χ4n) is 10.1. The van der Waals surface area contributed by atoms with Crippen molar-refractivity contribution >= 4 is 65.8 Å². The van der Waals surface area contributed by atoms with Crippen molar-refractivity contribution in [1.82, 2.24) is 15.0 Å². The van der Waals surface area contributed by atoms with E-state index in [1.807, 2.05) is 71.1 Å². The Morgan fingerprint density at radius 1 is 0.581 bits per heavy atom. The molecule has 13 rings (SSSR count). The molecular weight excluding hydrogens is 1420 g/mol. The maximum absolute atomic E-state index is 11.0. The number of carbonyl (C=O) groups is 2. The second kappa shape index (κ2) is 29.9. The number of pyridine rings is 2. The molecule has 9 aromatic carbocycles. The molecule has 0 fully saturated rings. The Kier molecular flexibility index (Phi) is 22.6. The SMILES string of the molecule is CC(=O)C=C(C)O.CC(C)C(=O)C=C(O)C(C)C.Cc1[c-]c(-c2ccc3ccccc3n2)cc(C)c1.Cc1cnc2c3[c-]cc(-c4ccccc4)cc3c3cc(-c4ccccc4)ccc3c2n1.[Ir].[Ir].c1ccc2c(c1)C[n+]1ccc3ccccc3c1-2. The zero-order valence-electron chi connectivity index (χ0n) is 49.8.